The van der Waals surface area contributed by atoms with Crippen LogP contribution in [0.5, 0.6) is 0 Å². The van der Waals surface area contributed by atoms with Crippen LogP contribution < -0.4 is 5.32 Å². The molecule has 1 amide bonds. The van der Waals surface area contributed by atoms with Gasteiger partial charge in [-0.25, -0.2) is 4.79 Å². The number of aliphatic carboxylic acids is 1. The number of aliphatic hydroxyl groups excluding tert-OH is 13. The Labute approximate surface area is 300 Å². The second kappa shape index (κ2) is 17.9. The fourth-order valence-corrected chi connectivity index (χ4v) is 6.58. The van der Waals surface area contributed by atoms with Gasteiger partial charge in [-0.3, -0.25) is 4.79 Å². The van der Waals surface area contributed by atoms with Crippen LogP contribution in [0.25, 0.3) is 0 Å². The standard InChI is InChI=1S/C29H49NO23/c1-7-14(37)17(40)18(41)26(47-7)51-24-19(42)25(44)48-12(6-33)21(24)50-27-20(43)23(16(39)11(5-32)49-27)53-29(28(45)46)3-9(35)13(30-8(2)34)22(52-29)15(38)10(36)4-31/h7,9-27,31-33,35-44H,3-6H2,1-2H3,(H,30,34)(H,45,46)/t7-,9+,10-,11-,12-,13-,14+,15-,16+,17+,18-,19-,20-,21-,22-,23+,24-,25-,26-,27+,29-/m1/s1. The van der Waals surface area contributed by atoms with Crippen molar-refractivity contribution in [3.63, 3.8) is 0 Å². The first-order valence-electron chi connectivity index (χ1n) is 16.6. The maximum atomic E-state index is 12.8. The lowest BCUT2D eigenvalue weighted by atomic mass is 9.88. The highest BCUT2D eigenvalue weighted by Gasteiger charge is 2.60. The lowest BCUT2D eigenvalue weighted by molar-refractivity contribution is -0.396. The monoisotopic (exact) mass is 779 g/mol. The summed E-state index contributed by atoms with van der Waals surface area (Å²) in [6, 6.07) is -1.59. The van der Waals surface area contributed by atoms with Crippen LogP contribution in [0.3, 0.4) is 0 Å². The zero-order valence-corrected chi connectivity index (χ0v) is 28.3. The van der Waals surface area contributed by atoms with Crippen molar-refractivity contribution in [1.82, 2.24) is 5.32 Å². The van der Waals surface area contributed by atoms with Gasteiger partial charge in [-0.15, -0.1) is 0 Å². The van der Waals surface area contributed by atoms with Crippen molar-refractivity contribution >= 4 is 11.9 Å². The van der Waals surface area contributed by atoms with Crippen molar-refractivity contribution in [2.75, 3.05) is 19.8 Å². The number of ether oxygens (including phenoxy) is 7. The molecule has 4 fully saturated rings. The molecule has 0 aromatic rings. The summed E-state index contributed by atoms with van der Waals surface area (Å²) in [5, 5.41) is 148. The van der Waals surface area contributed by atoms with E-state index in [2.05, 4.69) is 5.32 Å². The predicted molar refractivity (Wildman–Crippen MR) is 161 cm³/mol. The molecule has 0 aliphatic carbocycles. The van der Waals surface area contributed by atoms with Crippen LogP contribution in [0, 0.1) is 0 Å². The van der Waals surface area contributed by atoms with Gasteiger partial charge < -0.3 is 110 Å². The second-order valence-electron chi connectivity index (χ2n) is 13.3. The van der Waals surface area contributed by atoms with E-state index >= 15 is 0 Å². The fourth-order valence-electron chi connectivity index (χ4n) is 6.58. The first kappa shape index (κ1) is 43.9. The Morgan fingerprint density at radius 1 is 0.774 bits per heavy atom. The molecular formula is C29H49NO23. The van der Waals surface area contributed by atoms with Gasteiger partial charge in [0.05, 0.1) is 38.1 Å². The maximum Gasteiger partial charge on any atom is 0.364 e. The van der Waals surface area contributed by atoms with E-state index in [1.54, 1.807) is 0 Å². The Balaban J connectivity index is 1.66. The van der Waals surface area contributed by atoms with E-state index in [1.807, 2.05) is 0 Å². The summed E-state index contributed by atoms with van der Waals surface area (Å²) in [6.07, 6.45) is -37.3. The van der Waals surface area contributed by atoms with E-state index in [9.17, 15) is 81.1 Å². The highest BCUT2D eigenvalue weighted by molar-refractivity contribution is 5.76. The third-order valence-electron chi connectivity index (χ3n) is 9.54. The molecule has 4 aliphatic heterocycles. The molecule has 0 spiro atoms. The zero-order chi connectivity index (χ0) is 39.7. The van der Waals surface area contributed by atoms with E-state index in [-0.39, 0.29) is 0 Å². The molecular weight excluding hydrogens is 730 g/mol. The topological polar surface area (TPSA) is 394 Å². The highest BCUT2D eigenvalue weighted by Crippen LogP contribution is 2.39. The third kappa shape index (κ3) is 9.08. The number of rotatable bonds is 13. The van der Waals surface area contributed by atoms with Crippen LogP contribution >= 0.6 is 0 Å². The Morgan fingerprint density at radius 3 is 1.94 bits per heavy atom. The van der Waals surface area contributed by atoms with E-state index in [4.69, 9.17) is 33.2 Å². The molecule has 4 aliphatic rings. The number of amides is 1. The molecule has 0 aromatic carbocycles. The van der Waals surface area contributed by atoms with Gasteiger partial charge in [0.2, 0.25) is 5.91 Å². The largest absolute Gasteiger partial charge is 0.477 e. The van der Waals surface area contributed by atoms with Gasteiger partial charge in [-0.2, -0.15) is 0 Å². The summed E-state index contributed by atoms with van der Waals surface area (Å²) < 4.78 is 38.8. The first-order chi connectivity index (χ1) is 24.8. The Morgan fingerprint density at radius 2 is 1.38 bits per heavy atom. The predicted octanol–water partition coefficient (Wildman–Crippen LogP) is -9.37. The van der Waals surface area contributed by atoms with Crippen LogP contribution in [-0.4, -0.2) is 232 Å². The molecule has 15 N–H and O–H groups in total. The van der Waals surface area contributed by atoms with Gasteiger partial charge in [0.1, 0.15) is 85.5 Å². The molecule has 4 rings (SSSR count). The number of carbonyl (C=O) groups excluding carboxylic acids is 1. The Bertz CT molecular complexity index is 1220. The number of carbonyl (C=O) groups is 2. The van der Waals surface area contributed by atoms with E-state index in [1.165, 1.54) is 6.92 Å². The maximum absolute atomic E-state index is 12.8. The number of carboxylic acid groups (broad SMARTS) is 1. The lowest BCUT2D eigenvalue weighted by Gasteiger charge is -2.51. The quantitative estimate of drug-likeness (QED) is 0.0825. The summed E-state index contributed by atoms with van der Waals surface area (Å²) in [7, 11) is 0. The number of nitrogens with one attached hydrogen (secondary N) is 1. The molecule has 24 heteroatoms. The molecule has 308 valence electrons. The first-order valence-corrected chi connectivity index (χ1v) is 16.6. The smallest absolute Gasteiger partial charge is 0.364 e. The fraction of sp³-hybridized carbons (Fsp3) is 0.931. The zero-order valence-electron chi connectivity index (χ0n) is 28.3. The molecule has 21 atom stereocenters. The van der Waals surface area contributed by atoms with Gasteiger partial charge in [-0.05, 0) is 6.92 Å². The third-order valence-corrected chi connectivity index (χ3v) is 9.54. The van der Waals surface area contributed by atoms with Gasteiger partial charge >= 0.3 is 5.97 Å². The molecule has 4 saturated heterocycles. The van der Waals surface area contributed by atoms with E-state index in [0.717, 1.165) is 6.92 Å². The van der Waals surface area contributed by atoms with Crippen molar-refractivity contribution in [2.24, 2.45) is 0 Å². The Kier molecular flexibility index (Phi) is 14.9. The van der Waals surface area contributed by atoms with E-state index < -0.39 is 166 Å². The molecule has 0 bridgehead atoms. The summed E-state index contributed by atoms with van der Waals surface area (Å²) >= 11 is 0. The molecule has 4 heterocycles. The van der Waals surface area contributed by atoms with Crippen LogP contribution in [0.4, 0.5) is 0 Å². The molecule has 0 unspecified atom stereocenters. The van der Waals surface area contributed by atoms with Crippen LogP contribution in [0.1, 0.15) is 20.3 Å². The number of hydrogen-bond acceptors (Lipinski definition) is 22. The average Bonchev–Trinajstić information content (AvgIpc) is 3.11. The minimum atomic E-state index is -3.10. The van der Waals surface area contributed by atoms with Crippen LogP contribution in [-0.2, 0) is 42.7 Å². The number of aliphatic hydroxyl groups is 13. The number of hydrogen-bond donors (Lipinski definition) is 15. The highest BCUT2D eigenvalue weighted by atomic mass is 16.8. The molecule has 0 radical (unpaired) electrons. The summed E-state index contributed by atoms with van der Waals surface area (Å²) in [4.78, 5) is 24.6. The average molecular weight is 780 g/mol. The summed E-state index contributed by atoms with van der Waals surface area (Å²) in [5.74, 6) is -5.90. The minimum absolute atomic E-state index is 0.779. The van der Waals surface area contributed by atoms with Gasteiger partial charge in [0.15, 0.2) is 18.9 Å². The van der Waals surface area contributed by atoms with Crippen molar-refractivity contribution in [3.8, 4) is 0 Å². The molecule has 0 saturated carbocycles. The van der Waals surface area contributed by atoms with Crippen molar-refractivity contribution in [1.29, 1.82) is 0 Å². The molecule has 0 aromatic heterocycles. The number of carboxylic acids is 1. The van der Waals surface area contributed by atoms with Crippen molar-refractivity contribution < 1.29 is 114 Å². The lowest BCUT2D eigenvalue weighted by Crippen LogP contribution is -2.71. The molecule has 24 nitrogen and oxygen atoms in total. The van der Waals surface area contributed by atoms with Gasteiger partial charge in [-0.1, -0.05) is 0 Å². The summed E-state index contributed by atoms with van der Waals surface area (Å²) in [6.45, 7) is -0.758. The van der Waals surface area contributed by atoms with Gasteiger partial charge in [0, 0.05) is 13.3 Å². The van der Waals surface area contributed by atoms with Gasteiger partial charge in [0.25, 0.3) is 5.79 Å². The van der Waals surface area contributed by atoms with Crippen LogP contribution in [0.2, 0.25) is 0 Å². The van der Waals surface area contributed by atoms with E-state index in [0.29, 0.717) is 0 Å². The van der Waals surface area contributed by atoms with Crippen molar-refractivity contribution in [2.45, 2.75) is 149 Å². The minimum Gasteiger partial charge on any atom is -0.477 e. The SMILES string of the molecule is CC(=O)N[C@H]1[C@H]([C@H](O)[C@H](O)CO)O[C@](O[C@H]2[C@@H](O)[C@@H](CO)O[C@@H](O[C@H]3[C@H](O[C@H]4O[C@H](C)[C@H](O)[C@H](O)[C@H]4O)[C@@H](O)[C@H](O)O[C@@H]3CO)[C@@H]2O)(C(=O)O)C[C@@H]1O. The Hall–Kier alpha value is -1.86. The summed E-state index contributed by atoms with van der Waals surface area (Å²) in [5.41, 5.74) is 0. The molecule has 53 heavy (non-hydrogen) atoms. The van der Waals surface area contributed by atoms with Crippen molar-refractivity contribution in [3.05, 3.63) is 0 Å². The van der Waals surface area contributed by atoms with Crippen LogP contribution in [0.15, 0.2) is 0 Å². The second-order valence-corrected chi connectivity index (χ2v) is 13.3. The normalized spacial score (nSPS) is 47.8.